The molecule has 0 fully saturated rings. The summed E-state index contributed by atoms with van der Waals surface area (Å²) in [5, 5.41) is 3.95. The summed E-state index contributed by atoms with van der Waals surface area (Å²) in [6.07, 6.45) is 4.49. The SMILES string of the molecule is Cc1nccc(-c2noc(CCC(C)CCN)n2)n1. The van der Waals surface area contributed by atoms with Gasteiger partial charge in [0.25, 0.3) is 0 Å². The van der Waals surface area contributed by atoms with E-state index in [0.717, 1.165) is 25.8 Å². The summed E-state index contributed by atoms with van der Waals surface area (Å²) >= 11 is 0. The standard InChI is InChI=1S/C13H19N5O/c1-9(5-7-14)3-4-12-17-13(18-19-12)11-6-8-15-10(2)16-11/h6,8-9H,3-5,7,14H2,1-2H3. The van der Waals surface area contributed by atoms with Crippen LogP contribution in [0.25, 0.3) is 11.5 Å². The van der Waals surface area contributed by atoms with Crippen LogP contribution >= 0.6 is 0 Å². The molecule has 0 bridgehead atoms. The molecule has 0 radical (unpaired) electrons. The first-order valence-electron chi connectivity index (χ1n) is 6.51. The minimum Gasteiger partial charge on any atom is -0.339 e. The van der Waals surface area contributed by atoms with E-state index in [-0.39, 0.29) is 0 Å². The Kier molecular flexibility index (Phi) is 4.57. The molecule has 0 spiro atoms. The smallest absolute Gasteiger partial charge is 0.227 e. The van der Waals surface area contributed by atoms with E-state index < -0.39 is 0 Å². The molecule has 6 heteroatoms. The van der Waals surface area contributed by atoms with Crippen molar-refractivity contribution in [2.75, 3.05) is 6.54 Å². The number of aromatic nitrogens is 4. The Hall–Kier alpha value is -1.82. The summed E-state index contributed by atoms with van der Waals surface area (Å²) in [6, 6.07) is 1.78. The largest absolute Gasteiger partial charge is 0.339 e. The lowest BCUT2D eigenvalue weighted by Crippen LogP contribution is -2.06. The average Bonchev–Trinajstić information content (AvgIpc) is 2.85. The predicted molar refractivity (Wildman–Crippen MR) is 71.2 cm³/mol. The third-order valence-corrected chi connectivity index (χ3v) is 2.98. The Morgan fingerprint density at radius 3 is 2.89 bits per heavy atom. The van der Waals surface area contributed by atoms with Crippen LogP contribution in [-0.2, 0) is 6.42 Å². The number of nitrogens with two attached hydrogens (primary N) is 1. The summed E-state index contributed by atoms with van der Waals surface area (Å²) in [7, 11) is 0. The molecule has 0 saturated heterocycles. The van der Waals surface area contributed by atoms with Crippen LogP contribution in [-0.4, -0.2) is 26.7 Å². The molecule has 1 unspecified atom stereocenters. The number of hydrogen-bond acceptors (Lipinski definition) is 6. The zero-order chi connectivity index (χ0) is 13.7. The maximum absolute atomic E-state index is 5.53. The van der Waals surface area contributed by atoms with Gasteiger partial charge in [0, 0.05) is 12.6 Å². The molecular formula is C13H19N5O. The van der Waals surface area contributed by atoms with Gasteiger partial charge < -0.3 is 10.3 Å². The van der Waals surface area contributed by atoms with E-state index >= 15 is 0 Å². The number of rotatable bonds is 6. The fourth-order valence-electron chi connectivity index (χ4n) is 1.84. The van der Waals surface area contributed by atoms with Gasteiger partial charge in [-0.25, -0.2) is 9.97 Å². The third kappa shape index (κ3) is 3.82. The lowest BCUT2D eigenvalue weighted by molar-refractivity contribution is 0.362. The summed E-state index contributed by atoms with van der Waals surface area (Å²) in [5.41, 5.74) is 6.22. The molecule has 2 aromatic rings. The third-order valence-electron chi connectivity index (χ3n) is 2.98. The molecule has 2 N–H and O–H groups in total. The van der Waals surface area contributed by atoms with Crippen LogP contribution in [0, 0.1) is 12.8 Å². The Morgan fingerprint density at radius 2 is 2.16 bits per heavy atom. The quantitative estimate of drug-likeness (QED) is 0.851. The van der Waals surface area contributed by atoms with Crippen molar-refractivity contribution in [2.24, 2.45) is 11.7 Å². The van der Waals surface area contributed by atoms with Gasteiger partial charge in [0.05, 0.1) is 0 Å². The maximum atomic E-state index is 5.53. The van der Waals surface area contributed by atoms with Crippen molar-refractivity contribution in [1.82, 2.24) is 20.1 Å². The van der Waals surface area contributed by atoms with Gasteiger partial charge >= 0.3 is 0 Å². The van der Waals surface area contributed by atoms with E-state index in [2.05, 4.69) is 27.0 Å². The molecule has 0 aliphatic heterocycles. The highest BCUT2D eigenvalue weighted by Gasteiger charge is 2.11. The van der Waals surface area contributed by atoms with Crippen molar-refractivity contribution in [3.63, 3.8) is 0 Å². The first-order chi connectivity index (χ1) is 9.19. The summed E-state index contributed by atoms with van der Waals surface area (Å²) in [5.74, 6) is 2.43. The van der Waals surface area contributed by atoms with Crippen LogP contribution in [0.2, 0.25) is 0 Å². The molecule has 6 nitrogen and oxygen atoms in total. The molecule has 1 atom stereocenters. The van der Waals surface area contributed by atoms with E-state index in [9.17, 15) is 0 Å². The number of aryl methyl sites for hydroxylation is 2. The topological polar surface area (TPSA) is 90.7 Å². The van der Waals surface area contributed by atoms with Crippen LogP contribution < -0.4 is 5.73 Å². The molecule has 2 heterocycles. The van der Waals surface area contributed by atoms with Gasteiger partial charge in [-0.1, -0.05) is 12.1 Å². The molecule has 0 aliphatic rings. The highest BCUT2D eigenvalue weighted by Crippen LogP contribution is 2.15. The van der Waals surface area contributed by atoms with Gasteiger partial charge in [-0.15, -0.1) is 0 Å². The van der Waals surface area contributed by atoms with Crippen LogP contribution in [0.15, 0.2) is 16.8 Å². The predicted octanol–water partition coefficient (Wildman–Crippen LogP) is 1.75. The van der Waals surface area contributed by atoms with Crippen molar-refractivity contribution in [3.8, 4) is 11.5 Å². The van der Waals surface area contributed by atoms with Crippen molar-refractivity contribution in [2.45, 2.75) is 33.1 Å². The maximum Gasteiger partial charge on any atom is 0.227 e. The minimum atomic E-state index is 0.520. The van der Waals surface area contributed by atoms with Crippen LogP contribution in [0.3, 0.4) is 0 Å². The van der Waals surface area contributed by atoms with E-state index in [0.29, 0.717) is 29.2 Å². The van der Waals surface area contributed by atoms with Crippen molar-refractivity contribution >= 4 is 0 Å². The lowest BCUT2D eigenvalue weighted by Gasteiger charge is -2.06. The van der Waals surface area contributed by atoms with E-state index in [4.69, 9.17) is 10.3 Å². The highest BCUT2D eigenvalue weighted by atomic mass is 16.5. The van der Waals surface area contributed by atoms with Crippen LogP contribution in [0.1, 0.15) is 31.5 Å². The summed E-state index contributed by atoms with van der Waals surface area (Å²) in [6.45, 7) is 4.73. The second-order valence-electron chi connectivity index (χ2n) is 4.72. The molecule has 0 aromatic carbocycles. The fourth-order valence-corrected chi connectivity index (χ4v) is 1.84. The van der Waals surface area contributed by atoms with Gasteiger partial charge in [-0.3, -0.25) is 0 Å². The Balaban J connectivity index is 1.99. The van der Waals surface area contributed by atoms with Gasteiger partial charge in [0.15, 0.2) is 0 Å². The fraction of sp³-hybridized carbons (Fsp3) is 0.538. The zero-order valence-corrected chi connectivity index (χ0v) is 11.3. The van der Waals surface area contributed by atoms with E-state index in [1.54, 1.807) is 12.3 Å². The van der Waals surface area contributed by atoms with Crippen molar-refractivity contribution < 1.29 is 4.52 Å². The Morgan fingerprint density at radius 1 is 1.32 bits per heavy atom. The second kappa shape index (κ2) is 6.38. The van der Waals surface area contributed by atoms with E-state index in [1.165, 1.54) is 0 Å². The molecular weight excluding hydrogens is 242 g/mol. The molecule has 2 aromatic heterocycles. The monoisotopic (exact) mass is 261 g/mol. The normalized spacial score (nSPS) is 12.6. The second-order valence-corrected chi connectivity index (χ2v) is 4.72. The van der Waals surface area contributed by atoms with Gasteiger partial charge in [0.1, 0.15) is 11.5 Å². The molecule has 0 amide bonds. The first kappa shape index (κ1) is 13.6. The average molecular weight is 261 g/mol. The van der Waals surface area contributed by atoms with Crippen molar-refractivity contribution in [3.05, 3.63) is 24.0 Å². The first-order valence-corrected chi connectivity index (χ1v) is 6.51. The lowest BCUT2D eigenvalue weighted by atomic mass is 10.0. The van der Waals surface area contributed by atoms with Gasteiger partial charge in [-0.05, 0) is 38.3 Å². The minimum absolute atomic E-state index is 0.520. The van der Waals surface area contributed by atoms with Gasteiger partial charge in [-0.2, -0.15) is 4.98 Å². The Labute approximate surface area is 112 Å². The molecule has 19 heavy (non-hydrogen) atoms. The molecule has 102 valence electrons. The molecule has 0 aliphatic carbocycles. The van der Waals surface area contributed by atoms with Crippen molar-refractivity contribution in [1.29, 1.82) is 0 Å². The highest BCUT2D eigenvalue weighted by molar-refractivity contribution is 5.46. The van der Waals surface area contributed by atoms with Gasteiger partial charge in [0.2, 0.25) is 11.7 Å². The molecule has 0 saturated carbocycles. The van der Waals surface area contributed by atoms with Crippen LogP contribution in [0.5, 0.6) is 0 Å². The summed E-state index contributed by atoms with van der Waals surface area (Å²) < 4.78 is 5.23. The van der Waals surface area contributed by atoms with E-state index in [1.807, 2.05) is 6.92 Å². The Bertz CT molecular complexity index is 525. The number of nitrogens with zero attached hydrogens (tertiary/aromatic N) is 4. The summed E-state index contributed by atoms with van der Waals surface area (Å²) in [4.78, 5) is 12.7. The molecule has 2 rings (SSSR count). The zero-order valence-electron chi connectivity index (χ0n) is 11.3. The van der Waals surface area contributed by atoms with Crippen LogP contribution in [0.4, 0.5) is 0 Å². The number of hydrogen-bond donors (Lipinski definition) is 1.